The number of nitrogens with one attached hydrogen (secondary N) is 2. The number of alkyl halides is 6. The van der Waals surface area contributed by atoms with Crippen molar-refractivity contribution in [2.24, 2.45) is 0 Å². The van der Waals surface area contributed by atoms with E-state index in [-0.39, 0.29) is 34.5 Å². The molecule has 0 radical (unpaired) electrons. The van der Waals surface area contributed by atoms with Crippen molar-refractivity contribution in [3.05, 3.63) is 108 Å². The molecule has 0 aliphatic heterocycles. The molecule has 0 aliphatic rings. The molecule has 2 heterocycles. The molecule has 0 unspecified atom stereocenters. The topological polar surface area (TPSA) is 115 Å². The van der Waals surface area contributed by atoms with Gasteiger partial charge in [-0.25, -0.2) is 19.7 Å². The van der Waals surface area contributed by atoms with E-state index < -0.39 is 29.5 Å². The number of benzene rings is 3. The molecule has 46 heavy (non-hydrogen) atoms. The monoisotopic (exact) mass is 638 g/mol. The van der Waals surface area contributed by atoms with Gasteiger partial charge < -0.3 is 21.1 Å². The summed E-state index contributed by atoms with van der Waals surface area (Å²) in [5.74, 6) is 0.177. The van der Waals surface area contributed by atoms with Crippen molar-refractivity contribution in [2.75, 3.05) is 16.4 Å². The van der Waals surface area contributed by atoms with E-state index in [1.165, 1.54) is 42.7 Å². The first-order chi connectivity index (χ1) is 21.7. The summed E-state index contributed by atoms with van der Waals surface area (Å²) in [6, 6.07) is 14.4. The average molecular weight is 639 g/mol. The number of pyridine rings is 1. The lowest BCUT2D eigenvalue weighted by Gasteiger charge is -2.16. The highest BCUT2D eigenvalue weighted by atomic mass is 19.4. The number of hydrogen-bond acceptors (Lipinski definition) is 6. The Morgan fingerprint density at radius 2 is 1.35 bits per heavy atom. The molecule has 0 saturated carbocycles. The van der Waals surface area contributed by atoms with Gasteiger partial charge in [0, 0.05) is 17.3 Å². The molecule has 4 N–H and O–H groups in total. The van der Waals surface area contributed by atoms with E-state index in [1.54, 1.807) is 6.07 Å². The van der Waals surface area contributed by atoms with E-state index in [2.05, 4.69) is 25.6 Å². The Bertz CT molecular complexity index is 1890. The summed E-state index contributed by atoms with van der Waals surface area (Å²) in [5.41, 5.74) is 7.39. The summed E-state index contributed by atoms with van der Waals surface area (Å²) in [4.78, 5) is 24.5. The third-order valence-corrected chi connectivity index (χ3v) is 6.92. The third-order valence-electron chi connectivity index (χ3n) is 6.92. The average Bonchev–Trinajstić information content (AvgIpc) is 2.99. The number of carbonyl (C=O) groups excluding carboxylic acids is 1. The second-order valence-electron chi connectivity index (χ2n) is 10.2. The minimum atomic E-state index is -4.62. The Kier molecular flexibility index (Phi) is 8.55. The van der Waals surface area contributed by atoms with Gasteiger partial charge in [-0.15, -0.1) is 0 Å². The zero-order chi connectivity index (χ0) is 33.2. The minimum Gasteiger partial charge on any atom is -0.424 e. The van der Waals surface area contributed by atoms with E-state index in [1.807, 2.05) is 26.0 Å². The lowest BCUT2D eigenvalue weighted by molar-refractivity contribution is -0.138. The van der Waals surface area contributed by atoms with Crippen LogP contribution in [0.2, 0.25) is 0 Å². The van der Waals surface area contributed by atoms with Gasteiger partial charge in [-0.3, -0.25) is 0 Å². The maximum absolute atomic E-state index is 13.5. The molecule has 2 aromatic heterocycles. The molecule has 5 aromatic rings. The first-order valence-corrected chi connectivity index (χ1v) is 13.5. The Morgan fingerprint density at radius 1 is 0.696 bits per heavy atom. The fourth-order valence-corrected chi connectivity index (χ4v) is 4.37. The van der Waals surface area contributed by atoms with Gasteiger partial charge in [-0.2, -0.15) is 26.3 Å². The molecule has 0 saturated heterocycles. The summed E-state index contributed by atoms with van der Waals surface area (Å²) < 4.78 is 85.3. The van der Waals surface area contributed by atoms with Crippen LogP contribution in [-0.2, 0) is 12.4 Å². The van der Waals surface area contributed by atoms with Crippen LogP contribution < -0.4 is 21.1 Å². The van der Waals surface area contributed by atoms with Crippen molar-refractivity contribution in [1.29, 1.82) is 0 Å². The number of anilines is 3. The number of ether oxygens (including phenoxy) is 1. The van der Waals surface area contributed by atoms with Gasteiger partial charge >= 0.3 is 24.4 Å². The first kappa shape index (κ1) is 31.8. The Balaban J connectivity index is 1.27. The van der Waals surface area contributed by atoms with Crippen molar-refractivity contribution in [2.45, 2.75) is 26.2 Å². The molecule has 5 rings (SSSR count). The Hall–Kier alpha value is -5.66. The van der Waals surface area contributed by atoms with Crippen LogP contribution in [0.4, 0.5) is 48.3 Å². The summed E-state index contributed by atoms with van der Waals surface area (Å²) >= 11 is 0. The van der Waals surface area contributed by atoms with Gasteiger partial charge in [0.05, 0.1) is 34.9 Å². The number of urea groups is 1. The maximum atomic E-state index is 13.5. The molecule has 236 valence electrons. The SMILES string of the molecule is Cc1ccc(-c2ccc(C(F)(F)F)cc2NC(=O)Nc2cnc(Oc3ccc(-c4cc(C(F)(F)F)cnc4N)cc3)nc2)cc1C. The second kappa shape index (κ2) is 12.4. The van der Waals surface area contributed by atoms with Crippen molar-refractivity contribution >= 4 is 23.2 Å². The number of halogens is 6. The molecule has 0 aliphatic carbocycles. The van der Waals surface area contributed by atoms with Gasteiger partial charge in [0.1, 0.15) is 11.6 Å². The lowest BCUT2D eigenvalue weighted by Crippen LogP contribution is -2.20. The van der Waals surface area contributed by atoms with E-state index in [4.69, 9.17) is 10.5 Å². The molecule has 0 atom stereocenters. The van der Waals surface area contributed by atoms with Gasteiger partial charge in [0.2, 0.25) is 0 Å². The highest BCUT2D eigenvalue weighted by Crippen LogP contribution is 2.37. The quantitative estimate of drug-likeness (QED) is 0.160. The number of carbonyl (C=O) groups is 1. The van der Waals surface area contributed by atoms with E-state index in [9.17, 15) is 31.1 Å². The number of nitrogens with zero attached hydrogens (tertiary/aromatic N) is 3. The van der Waals surface area contributed by atoms with Gasteiger partial charge in [-0.1, -0.05) is 36.4 Å². The number of aromatic nitrogens is 3. The third kappa shape index (κ3) is 7.34. The smallest absolute Gasteiger partial charge is 0.417 e. The normalized spacial score (nSPS) is 11.7. The molecule has 0 fully saturated rings. The fourth-order valence-electron chi connectivity index (χ4n) is 4.37. The number of amides is 2. The Morgan fingerprint density at radius 3 is 1.98 bits per heavy atom. The number of nitrogen functional groups attached to an aromatic ring is 1. The summed E-state index contributed by atoms with van der Waals surface area (Å²) in [6.45, 7) is 3.78. The van der Waals surface area contributed by atoms with E-state index >= 15 is 0 Å². The first-order valence-electron chi connectivity index (χ1n) is 13.5. The van der Waals surface area contributed by atoms with Crippen molar-refractivity contribution < 1.29 is 35.9 Å². The number of aryl methyl sites for hydroxylation is 2. The summed E-state index contributed by atoms with van der Waals surface area (Å²) in [5, 5.41) is 4.96. The summed E-state index contributed by atoms with van der Waals surface area (Å²) in [7, 11) is 0. The van der Waals surface area contributed by atoms with Crippen molar-refractivity contribution in [3.63, 3.8) is 0 Å². The molecule has 8 nitrogen and oxygen atoms in total. The maximum Gasteiger partial charge on any atom is 0.417 e. The number of nitrogens with two attached hydrogens (primary N) is 1. The minimum absolute atomic E-state index is 0.0532. The van der Waals surface area contributed by atoms with Gasteiger partial charge in [0.25, 0.3) is 0 Å². The predicted molar refractivity (Wildman–Crippen MR) is 160 cm³/mol. The molecule has 0 spiro atoms. The van der Waals surface area contributed by atoms with Crippen molar-refractivity contribution in [1.82, 2.24) is 15.0 Å². The number of hydrogen-bond donors (Lipinski definition) is 3. The van der Waals surface area contributed by atoms with Crippen LogP contribution in [-0.4, -0.2) is 21.0 Å². The van der Waals surface area contributed by atoms with E-state index in [0.29, 0.717) is 22.9 Å². The zero-order valence-electron chi connectivity index (χ0n) is 24.1. The second-order valence-corrected chi connectivity index (χ2v) is 10.2. The van der Waals surface area contributed by atoms with Crippen LogP contribution in [0.1, 0.15) is 22.3 Å². The van der Waals surface area contributed by atoms with Crippen LogP contribution in [0.3, 0.4) is 0 Å². The Labute approximate surface area is 258 Å². The largest absolute Gasteiger partial charge is 0.424 e. The highest BCUT2D eigenvalue weighted by molar-refractivity contribution is 6.02. The van der Waals surface area contributed by atoms with Crippen molar-refractivity contribution in [3.8, 4) is 34.0 Å². The lowest BCUT2D eigenvalue weighted by atomic mass is 9.97. The number of rotatable bonds is 6. The molecular weight excluding hydrogens is 614 g/mol. The zero-order valence-corrected chi connectivity index (χ0v) is 24.1. The predicted octanol–water partition coefficient (Wildman–Crippen LogP) is 8.88. The fraction of sp³-hybridized carbons (Fsp3) is 0.125. The molecule has 0 bridgehead atoms. The molecular formula is C32H24F6N6O2. The summed E-state index contributed by atoms with van der Waals surface area (Å²) in [6.07, 6.45) is -6.10. The molecule has 2 amide bonds. The van der Waals surface area contributed by atoms with E-state index in [0.717, 1.165) is 29.3 Å². The highest BCUT2D eigenvalue weighted by Gasteiger charge is 2.32. The molecule has 3 aromatic carbocycles. The van der Waals surface area contributed by atoms with Crippen LogP contribution in [0.15, 0.2) is 85.3 Å². The van der Waals surface area contributed by atoms with Crippen LogP contribution in [0, 0.1) is 13.8 Å². The van der Waals surface area contributed by atoms with Gasteiger partial charge in [-0.05, 0) is 66.4 Å². The van der Waals surface area contributed by atoms with Crippen LogP contribution in [0.5, 0.6) is 11.8 Å². The van der Waals surface area contributed by atoms with Crippen LogP contribution >= 0.6 is 0 Å². The van der Waals surface area contributed by atoms with Crippen LogP contribution in [0.25, 0.3) is 22.3 Å². The van der Waals surface area contributed by atoms with Gasteiger partial charge in [0.15, 0.2) is 0 Å². The standard InChI is InChI=1S/C32H24F6N6O2/c1-17-3-4-20(11-18(17)2)25-10-7-21(31(33,34)35)13-27(25)44-29(45)43-23-15-41-30(42-16-23)46-24-8-5-19(6-9-24)26-12-22(32(36,37)38)14-40-28(26)39/h3-16H,1-2H3,(H2,39,40)(H2,43,44,45). The molecule has 14 heteroatoms.